The Kier molecular flexibility index (Phi) is 2.25. The van der Waals surface area contributed by atoms with Crippen molar-refractivity contribution in [2.45, 2.75) is 12.1 Å². The molecular weight excluding hydrogens is 222 g/mol. The van der Waals surface area contributed by atoms with E-state index >= 15 is 0 Å². The zero-order chi connectivity index (χ0) is 11.9. The van der Waals surface area contributed by atoms with Gasteiger partial charge in [0.2, 0.25) is 0 Å². The molecule has 1 N–H and O–H groups in total. The summed E-state index contributed by atoms with van der Waals surface area (Å²) in [5, 5.41) is 3.70. The Morgan fingerprint density at radius 3 is 1.89 bits per heavy atom. The lowest BCUT2D eigenvalue weighted by molar-refractivity contribution is -0.00808. The monoisotopic (exact) mass is 237 g/mol. The van der Waals surface area contributed by atoms with E-state index < -0.39 is 0 Å². The zero-order valence-electron chi connectivity index (χ0n) is 10.1. The van der Waals surface area contributed by atoms with Crippen molar-refractivity contribution >= 4 is 0 Å². The number of rotatable bonds is 2. The predicted octanol–water partition coefficient (Wildman–Crippen LogP) is 2.74. The molecule has 90 valence electrons. The van der Waals surface area contributed by atoms with Crippen molar-refractivity contribution in [3.05, 3.63) is 59.7 Å². The Morgan fingerprint density at radius 2 is 1.39 bits per heavy atom. The minimum Gasteiger partial charge on any atom is -0.378 e. The van der Waals surface area contributed by atoms with Gasteiger partial charge in [0.1, 0.15) is 0 Å². The minimum atomic E-state index is 0.325. The van der Waals surface area contributed by atoms with E-state index in [9.17, 15) is 0 Å². The van der Waals surface area contributed by atoms with Crippen LogP contribution in [0.5, 0.6) is 0 Å². The van der Waals surface area contributed by atoms with Gasteiger partial charge in [-0.2, -0.15) is 0 Å². The highest BCUT2D eigenvalue weighted by Gasteiger charge is 2.31. The molecule has 2 heteroatoms. The molecule has 1 heterocycles. The van der Waals surface area contributed by atoms with Crippen molar-refractivity contribution in [1.82, 2.24) is 5.32 Å². The van der Waals surface area contributed by atoms with Crippen LogP contribution in [0.4, 0.5) is 0 Å². The Morgan fingerprint density at radius 1 is 0.833 bits per heavy atom. The first-order chi connectivity index (χ1) is 8.93. The molecule has 2 aromatic rings. The Labute approximate surface area is 107 Å². The second kappa shape index (κ2) is 3.94. The molecule has 1 fully saturated rings. The van der Waals surface area contributed by atoms with E-state index in [4.69, 9.17) is 4.74 Å². The third kappa shape index (κ3) is 1.43. The second-order valence-corrected chi connectivity index (χ2v) is 5.01. The smallest absolute Gasteiger partial charge is 0.0643 e. The van der Waals surface area contributed by atoms with Crippen molar-refractivity contribution in [2.75, 3.05) is 13.2 Å². The molecule has 0 unspecified atom stereocenters. The van der Waals surface area contributed by atoms with Crippen molar-refractivity contribution in [3.63, 3.8) is 0 Å². The highest BCUT2D eigenvalue weighted by molar-refractivity contribution is 5.78. The minimum absolute atomic E-state index is 0.325. The van der Waals surface area contributed by atoms with E-state index in [1.807, 2.05) is 0 Å². The van der Waals surface area contributed by atoms with Gasteiger partial charge in [-0.3, -0.25) is 5.32 Å². The summed E-state index contributed by atoms with van der Waals surface area (Å²) in [6.45, 7) is 1.67. The molecule has 0 saturated carbocycles. The molecule has 1 saturated heterocycles. The molecule has 2 aromatic carbocycles. The molecule has 0 spiro atoms. The van der Waals surface area contributed by atoms with Gasteiger partial charge in [-0.15, -0.1) is 0 Å². The fourth-order valence-corrected chi connectivity index (χ4v) is 2.90. The average molecular weight is 237 g/mol. The van der Waals surface area contributed by atoms with Gasteiger partial charge in [0, 0.05) is 0 Å². The molecule has 1 aliphatic heterocycles. The van der Waals surface area contributed by atoms with Crippen LogP contribution in [0.25, 0.3) is 11.1 Å². The largest absolute Gasteiger partial charge is 0.378 e. The van der Waals surface area contributed by atoms with Crippen LogP contribution < -0.4 is 5.32 Å². The van der Waals surface area contributed by atoms with Gasteiger partial charge in [-0.1, -0.05) is 48.5 Å². The molecule has 0 bridgehead atoms. The maximum atomic E-state index is 5.26. The molecule has 2 aliphatic rings. The fourth-order valence-electron chi connectivity index (χ4n) is 2.90. The van der Waals surface area contributed by atoms with E-state index in [-0.39, 0.29) is 0 Å². The van der Waals surface area contributed by atoms with Crippen molar-refractivity contribution in [3.8, 4) is 11.1 Å². The second-order valence-electron chi connectivity index (χ2n) is 5.01. The highest BCUT2D eigenvalue weighted by Crippen LogP contribution is 2.43. The van der Waals surface area contributed by atoms with E-state index in [2.05, 4.69) is 53.8 Å². The van der Waals surface area contributed by atoms with Crippen LogP contribution in [-0.2, 0) is 4.74 Å². The van der Waals surface area contributed by atoms with Crippen molar-refractivity contribution < 1.29 is 4.74 Å². The standard InChI is InChI=1S/C16H15NO/c1-3-7-14-12(5-1)13-6-2-4-8-15(13)16(14)17-11-9-18-10-11/h1-8,11,16-17H,9-10H2. The summed E-state index contributed by atoms with van der Waals surface area (Å²) in [6, 6.07) is 18.2. The maximum Gasteiger partial charge on any atom is 0.0643 e. The number of nitrogens with one attached hydrogen (secondary N) is 1. The summed E-state index contributed by atoms with van der Waals surface area (Å²) in [5.74, 6) is 0. The first-order valence-electron chi connectivity index (χ1n) is 6.45. The lowest BCUT2D eigenvalue weighted by Crippen LogP contribution is -2.47. The fraction of sp³-hybridized carbons (Fsp3) is 0.250. The van der Waals surface area contributed by atoms with Crippen LogP contribution in [-0.4, -0.2) is 19.3 Å². The van der Waals surface area contributed by atoms with E-state index in [1.165, 1.54) is 22.3 Å². The number of hydrogen-bond donors (Lipinski definition) is 1. The Hall–Kier alpha value is -1.64. The van der Waals surface area contributed by atoms with E-state index in [0.717, 1.165) is 13.2 Å². The van der Waals surface area contributed by atoms with Gasteiger partial charge in [-0.25, -0.2) is 0 Å². The average Bonchev–Trinajstić information content (AvgIpc) is 2.69. The van der Waals surface area contributed by atoms with Crippen molar-refractivity contribution in [1.29, 1.82) is 0 Å². The van der Waals surface area contributed by atoms with Gasteiger partial charge in [0.15, 0.2) is 0 Å². The Bertz CT molecular complexity index is 544. The zero-order valence-corrected chi connectivity index (χ0v) is 10.1. The quantitative estimate of drug-likeness (QED) is 0.867. The van der Waals surface area contributed by atoms with Crippen LogP contribution >= 0.6 is 0 Å². The van der Waals surface area contributed by atoms with E-state index in [0.29, 0.717) is 12.1 Å². The molecule has 0 amide bonds. The van der Waals surface area contributed by atoms with Crippen LogP contribution in [0.1, 0.15) is 17.2 Å². The third-order valence-electron chi connectivity index (χ3n) is 3.87. The molecule has 0 radical (unpaired) electrons. The summed E-state index contributed by atoms with van der Waals surface area (Å²) in [7, 11) is 0. The molecular formula is C16H15NO. The summed E-state index contributed by atoms with van der Waals surface area (Å²) < 4.78 is 5.26. The molecule has 1 aliphatic carbocycles. The molecule has 18 heavy (non-hydrogen) atoms. The normalized spacial score (nSPS) is 18.2. The van der Waals surface area contributed by atoms with E-state index in [1.54, 1.807) is 0 Å². The Balaban J connectivity index is 1.81. The number of fused-ring (bicyclic) bond motifs is 3. The highest BCUT2D eigenvalue weighted by atomic mass is 16.5. The van der Waals surface area contributed by atoms with Gasteiger partial charge >= 0.3 is 0 Å². The van der Waals surface area contributed by atoms with Gasteiger partial charge in [0.05, 0.1) is 25.3 Å². The third-order valence-corrected chi connectivity index (χ3v) is 3.87. The summed E-state index contributed by atoms with van der Waals surface area (Å²) in [5.41, 5.74) is 5.52. The molecule has 0 atom stereocenters. The number of ether oxygens (including phenoxy) is 1. The van der Waals surface area contributed by atoms with Crippen molar-refractivity contribution in [2.24, 2.45) is 0 Å². The summed E-state index contributed by atoms with van der Waals surface area (Å²) in [6.07, 6.45) is 0. The van der Waals surface area contributed by atoms with Crippen LogP contribution in [0.15, 0.2) is 48.5 Å². The summed E-state index contributed by atoms with van der Waals surface area (Å²) >= 11 is 0. The van der Waals surface area contributed by atoms with Gasteiger partial charge in [-0.05, 0) is 22.3 Å². The summed E-state index contributed by atoms with van der Waals surface area (Å²) in [4.78, 5) is 0. The van der Waals surface area contributed by atoms with Crippen LogP contribution in [0.3, 0.4) is 0 Å². The van der Waals surface area contributed by atoms with Gasteiger partial charge < -0.3 is 4.74 Å². The lowest BCUT2D eigenvalue weighted by Gasteiger charge is -2.30. The number of hydrogen-bond acceptors (Lipinski definition) is 2. The SMILES string of the molecule is c1ccc2c(c1)-c1ccccc1C2NC1COC1. The lowest BCUT2D eigenvalue weighted by atomic mass is 10.0. The van der Waals surface area contributed by atoms with Crippen LogP contribution in [0.2, 0.25) is 0 Å². The first-order valence-corrected chi connectivity index (χ1v) is 6.45. The van der Waals surface area contributed by atoms with Crippen LogP contribution in [0, 0.1) is 0 Å². The topological polar surface area (TPSA) is 21.3 Å². The molecule has 2 nitrogen and oxygen atoms in total. The van der Waals surface area contributed by atoms with Gasteiger partial charge in [0.25, 0.3) is 0 Å². The maximum absolute atomic E-state index is 5.26. The number of benzene rings is 2. The first kappa shape index (κ1) is 10.3. The predicted molar refractivity (Wildman–Crippen MR) is 71.5 cm³/mol. The molecule has 0 aromatic heterocycles. The molecule has 4 rings (SSSR count).